The first-order valence-corrected chi connectivity index (χ1v) is 13.5. The van der Waals surface area contributed by atoms with Gasteiger partial charge in [0.1, 0.15) is 11.8 Å². The molecule has 2 aromatic carbocycles. The summed E-state index contributed by atoms with van der Waals surface area (Å²) in [6.45, 7) is 9.39. The van der Waals surface area contributed by atoms with Crippen molar-refractivity contribution in [2.45, 2.75) is 58.8 Å². The summed E-state index contributed by atoms with van der Waals surface area (Å²) in [6.07, 6.45) is 4.42. The lowest BCUT2D eigenvalue weighted by molar-refractivity contribution is 0.180. The Labute approximate surface area is 233 Å². The maximum absolute atomic E-state index is 13.8. The summed E-state index contributed by atoms with van der Waals surface area (Å²) >= 11 is 0. The van der Waals surface area contributed by atoms with E-state index < -0.39 is 6.04 Å². The summed E-state index contributed by atoms with van der Waals surface area (Å²) < 4.78 is 7.24. The second-order valence-corrected chi connectivity index (χ2v) is 10.8. The zero-order chi connectivity index (χ0) is 28.3. The Bertz CT molecular complexity index is 1640. The molecule has 40 heavy (non-hydrogen) atoms. The predicted molar refractivity (Wildman–Crippen MR) is 155 cm³/mol. The molecular weight excluding hydrogens is 502 g/mol. The molecule has 0 fully saturated rings. The first-order valence-electron chi connectivity index (χ1n) is 13.5. The number of aromatic nitrogens is 6. The molecule has 0 aliphatic carbocycles. The van der Waals surface area contributed by atoms with Gasteiger partial charge in [-0.3, -0.25) is 14.7 Å². The third-order valence-electron chi connectivity index (χ3n) is 7.52. The summed E-state index contributed by atoms with van der Waals surface area (Å²) in [4.78, 5) is 23.5. The predicted octanol–water partition coefficient (Wildman–Crippen LogP) is 5.16. The zero-order valence-electron chi connectivity index (χ0n) is 23.6. The molecule has 206 valence electrons. The quantitative estimate of drug-likeness (QED) is 0.262. The smallest absolute Gasteiger partial charge is 0.253 e. The molecule has 9 heteroatoms. The van der Waals surface area contributed by atoms with E-state index in [0.29, 0.717) is 24.5 Å². The van der Waals surface area contributed by atoms with E-state index in [0.717, 1.165) is 39.8 Å². The van der Waals surface area contributed by atoms with E-state index >= 15 is 0 Å². The molecule has 0 aliphatic heterocycles. The molecule has 3 aromatic heterocycles. The Morgan fingerprint density at radius 1 is 1.05 bits per heavy atom. The minimum atomic E-state index is -0.544. The topological polar surface area (TPSA) is 102 Å². The van der Waals surface area contributed by atoms with Crippen LogP contribution in [0.25, 0.3) is 10.9 Å². The van der Waals surface area contributed by atoms with Gasteiger partial charge in [-0.15, -0.1) is 5.10 Å². The average molecular weight is 538 g/mol. The van der Waals surface area contributed by atoms with Crippen LogP contribution in [0, 0.1) is 6.92 Å². The van der Waals surface area contributed by atoms with Gasteiger partial charge in [0.25, 0.3) is 5.56 Å². The highest BCUT2D eigenvalue weighted by Gasteiger charge is 2.34. The van der Waals surface area contributed by atoms with Crippen LogP contribution in [-0.4, -0.2) is 42.2 Å². The van der Waals surface area contributed by atoms with Crippen LogP contribution in [0.3, 0.4) is 0 Å². The molecule has 0 saturated heterocycles. The number of aryl methyl sites for hydroxylation is 1. The Morgan fingerprint density at radius 2 is 1.82 bits per heavy atom. The van der Waals surface area contributed by atoms with Crippen molar-refractivity contribution < 1.29 is 4.74 Å². The van der Waals surface area contributed by atoms with Gasteiger partial charge in [0, 0.05) is 36.6 Å². The number of aromatic amines is 1. The number of tetrazole rings is 1. The van der Waals surface area contributed by atoms with E-state index in [1.165, 1.54) is 0 Å². The maximum atomic E-state index is 13.8. The van der Waals surface area contributed by atoms with Crippen molar-refractivity contribution in [2.75, 3.05) is 7.11 Å². The molecule has 5 rings (SSSR count). The second-order valence-electron chi connectivity index (χ2n) is 10.8. The van der Waals surface area contributed by atoms with Gasteiger partial charge in [0.2, 0.25) is 0 Å². The van der Waals surface area contributed by atoms with Crippen LogP contribution in [0.15, 0.2) is 77.9 Å². The lowest BCUT2D eigenvalue weighted by atomic mass is 9.98. The molecule has 1 atom stereocenters. The molecule has 0 radical (unpaired) electrons. The number of ether oxygens (including phenoxy) is 1. The fraction of sp³-hybridized carbons (Fsp3) is 0.323. The summed E-state index contributed by atoms with van der Waals surface area (Å²) in [5, 5.41) is 14.0. The number of pyridine rings is 2. The van der Waals surface area contributed by atoms with Gasteiger partial charge in [0.05, 0.1) is 12.6 Å². The van der Waals surface area contributed by atoms with Crippen molar-refractivity contribution in [1.82, 2.24) is 35.1 Å². The molecule has 0 aliphatic rings. The summed E-state index contributed by atoms with van der Waals surface area (Å²) in [7, 11) is 1.66. The van der Waals surface area contributed by atoms with Gasteiger partial charge >= 0.3 is 0 Å². The lowest BCUT2D eigenvalue weighted by Gasteiger charge is -2.33. The van der Waals surface area contributed by atoms with E-state index in [1.54, 1.807) is 13.3 Å². The SMILES string of the molecule is CCC(C)(C)n1nnnc1C(c1cc2ccc(C)cc2[nH]c1=O)N(Cc1ccc(OC)cc1)Cc1cccnc1. The van der Waals surface area contributed by atoms with Gasteiger partial charge in [-0.2, -0.15) is 0 Å². The number of benzene rings is 2. The minimum absolute atomic E-state index is 0.169. The number of fused-ring (bicyclic) bond motifs is 1. The largest absolute Gasteiger partial charge is 0.497 e. The number of nitrogens with one attached hydrogen (secondary N) is 1. The van der Waals surface area contributed by atoms with Gasteiger partial charge in [-0.1, -0.05) is 37.3 Å². The highest BCUT2D eigenvalue weighted by atomic mass is 16.5. The summed E-state index contributed by atoms with van der Waals surface area (Å²) in [6, 6.07) is 19.4. The lowest BCUT2D eigenvalue weighted by Crippen LogP contribution is -2.38. The van der Waals surface area contributed by atoms with Crippen molar-refractivity contribution in [3.63, 3.8) is 0 Å². The maximum Gasteiger partial charge on any atom is 0.253 e. The Morgan fingerprint density at radius 3 is 2.52 bits per heavy atom. The second kappa shape index (κ2) is 11.4. The standard InChI is InChI=1S/C31H35N7O2/c1-6-31(3,4)38-29(34-35-36-38)28(26-17-24-12-9-21(2)16-27(24)33-30(26)39)37(20-23-8-7-15-32-18-23)19-22-10-13-25(40-5)14-11-22/h7-18,28H,6,19-20H2,1-5H3,(H,33,39). The molecule has 9 nitrogen and oxygen atoms in total. The van der Waals surface area contributed by atoms with E-state index in [2.05, 4.69) is 57.2 Å². The van der Waals surface area contributed by atoms with Crippen molar-refractivity contribution in [1.29, 1.82) is 0 Å². The highest BCUT2D eigenvalue weighted by Crippen LogP contribution is 2.33. The molecule has 1 N–H and O–H groups in total. The monoisotopic (exact) mass is 537 g/mol. The number of H-pyrrole nitrogens is 1. The number of rotatable bonds is 10. The van der Waals surface area contributed by atoms with Crippen LogP contribution < -0.4 is 10.3 Å². The molecule has 0 saturated carbocycles. The van der Waals surface area contributed by atoms with Crippen LogP contribution in [0.2, 0.25) is 0 Å². The first kappa shape index (κ1) is 27.2. The molecular formula is C31H35N7O2. The van der Waals surface area contributed by atoms with Crippen LogP contribution in [0.4, 0.5) is 0 Å². The Kier molecular flexibility index (Phi) is 7.75. The van der Waals surface area contributed by atoms with Crippen molar-refractivity contribution >= 4 is 10.9 Å². The third-order valence-corrected chi connectivity index (χ3v) is 7.52. The third kappa shape index (κ3) is 5.65. The van der Waals surface area contributed by atoms with E-state index in [-0.39, 0.29) is 11.1 Å². The summed E-state index contributed by atoms with van der Waals surface area (Å²) in [5.74, 6) is 1.40. The zero-order valence-corrected chi connectivity index (χ0v) is 23.6. The van der Waals surface area contributed by atoms with Crippen LogP contribution in [0.1, 0.15) is 61.3 Å². The highest BCUT2D eigenvalue weighted by molar-refractivity contribution is 5.79. The van der Waals surface area contributed by atoms with Crippen LogP contribution in [-0.2, 0) is 18.6 Å². The van der Waals surface area contributed by atoms with Crippen molar-refractivity contribution in [3.05, 3.63) is 111 Å². The molecule has 3 heterocycles. The number of hydrogen-bond acceptors (Lipinski definition) is 7. The van der Waals surface area contributed by atoms with Gasteiger partial charge < -0.3 is 9.72 Å². The van der Waals surface area contributed by atoms with Crippen LogP contribution in [0.5, 0.6) is 5.75 Å². The number of nitrogens with zero attached hydrogens (tertiary/aromatic N) is 6. The fourth-order valence-corrected chi connectivity index (χ4v) is 4.91. The number of hydrogen-bond donors (Lipinski definition) is 1. The molecule has 0 spiro atoms. The molecule has 5 aromatic rings. The van der Waals surface area contributed by atoms with Gasteiger partial charge in [-0.25, -0.2) is 4.68 Å². The average Bonchev–Trinajstić information content (AvgIpc) is 3.45. The van der Waals surface area contributed by atoms with Gasteiger partial charge in [0.15, 0.2) is 5.82 Å². The Hall–Kier alpha value is -4.37. The molecule has 1 unspecified atom stereocenters. The minimum Gasteiger partial charge on any atom is -0.497 e. The van der Waals surface area contributed by atoms with Crippen LogP contribution >= 0.6 is 0 Å². The van der Waals surface area contributed by atoms with Crippen molar-refractivity contribution in [2.24, 2.45) is 0 Å². The fourth-order valence-electron chi connectivity index (χ4n) is 4.91. The summed E-state index contributed by atoms with van der Waals surface area (Å²) in [5.41, 5.74) is 4.01. The van der Waals surface area contributed by atoms with E-state index in [1.807, 2.05) is 72.4 Å². The molecule has 0 bridgehead atoms. The first-order chi connectivity index (χ1) is 19.3. The normalized spacial score (nSPS) is 12.7. The van der Waals surface area contributed by atoms with Crippen molar-refractivity contribution in [3.8, 4) is 5.75 Å². The molecule has 0 amide bonds. The number of methoxy groups -OCH3 is 1. The van der Waals surface area contributed by atoms with Gasteiger partial charge in [-0.05, 0) is 90.0 Å². The van der Waals surface area contributed by atoms with E-state index in [9.17, 15) is 4.79 Å². The van der Waals surface area contributed by atoms with E-state index in [4.69, 9.17) is 4.74 Å². The Balaban J connectivity index is 1.72.